The van der Waals surface area contributed by atoms with Crippen LogP contribution in [-0.2, 0) is 4.79 Å². The van der Waals surface area contributed by atoms with Crippen LogP contribution in [0.5, 0.6) is 17.2 Å². The molecule has 0 saturated carbocycles. The van der Waals surface area contributed by atoms with Gasteiger partial charge in [0, 0.05) is 24.7 Å². The van der Waals surface area contributed by atoms with Crippen LogP contribution in [0.25, 0.3) is 16.8 Å². The van der Waals surface area contributed by atoms with Crippen LogP contribution >= 0.6 is 0 Å². The van der Waals surface area contributed by atoms with Crippen LogP contribution < -0.4 is 30.2 Å². The Morgan fingerprint density at radius 1 is 1.17 bits per heavy atom. The maximum absolute atomic E-state index is 11.9. The molecule has 35 heavy (non-hydrogen) atoms. The first-order valence-corrected chi connectivity index (χ1v) is 10.9. The molecule has 1 atom stereocenters. The fraction of sp³-hybridized carbons (Fsp3) is 0.304. The Morgan fingerprint density at radius 2 is 1.94 bits per heavy atom. The summed E-state index contributed by atoms with van der Waals surface area (Å²) in [4.78, 5) is 27.4. The van der Waals surface area contributed by atoms with Crippen molar-refractivity contribution in [1.82, 2.24) is 19.5 Å². The number of ether oxygens (including phenoxy) is 3. The quantitative estimate of drug-likeness (QED) is 0.387. The number of nitrogens with two attached hydrogens (primary N) is 1. The van der Waals surface area contributed by atoms with Gasteiger partial charge in [-0.1, -0.05) is 0 Å². The smallest absolute Gasteiger partial charge is 0.240 e. The third-order valence-electron chi connectivity index (χ3n) is 5.91. The van der Waals surface area contributed by atoms with Crippen molar-refractivity contribution < 1.29 is 23.4 Å². The average molecular weight is 479 g/mol. The number of nitrogens with one attached hydrogen (secondary N) is 1. The van der Waals surface area contributed by atoms with Gasteiger partial charge in [0.25, 0.3) is 0 Å². The van der Waals surface area contributed by atoms with E-state index < -0.39 is 11.9 Å². The normalized spacial score (nSPS) is 15.4. The number of imidazole rings is 1. The maximum atomic E-state index is 11.9. The second-order valence-corrected chi connectivity index (χ2v) is 7.94. The highest BCUT2D eigenvalue weighted by molar-refractivity contribution is 5.88. The maximum Gasteiger partial charge on any atom is 0.240 e. The molecule has 3 aromatic heterocycles. The van der Waals surface area contributed by atoms with E-state index in [1.54, 1.807) is 50.8 Å². The van der Waals surface area contributed by atoms with Crippen molar-refractivity contribution in [2.45, 2.75) is 18.9 Å². The number of anilines is 3. The van der Waals surface area contributed by atoms with Crippen molar-refractivity contribution in [3.63, 3.8) is 0 Å². The van der Waals surface area contributed by atoms with Gasteiger partial charge >= 0.3 is 0 Å². The number of benzene rings is 1. The molecule has 1 aliphatic rings. The van der Waals surface area contributed by atoms with E-state index in [0.29, 0.717) is 58.9 Å². The number of fused-ring (bicyclic) bond motifs is 1. The van der Waals surface area contributed by atoms with Gasteiger partial charge in [-0.15, -0.1) is 0 Å². The highest BCUT2D eigenvalue weighted by atomic mass is 16.5. The Bertz CT molecular complexity index is 1360. The number of carbonyl (C=O) groups excluding carboxylic acids is 1. The molecule has 0 radical (unpaired) electrons. The summed E-state index contributed by atoms with van der Waals surface area (Å²) < 4.78 is 23.7. The fourth-order valence-corrected chi connectivity index (χ4v) is 4.23. The largest absolute Gasteiger partial charge is 0.493 e. The predicted molar refractivity (Wildman–Crippen MR) is 128 cm³/mol. The van der Waals surface area contributed by atoms with Gasteiger partial charge in [-0.25, -0.2) is 9.97 Å². The van der Waals surface area contributed by atoms with Crippen molar-refractivity contribution in [1.29, 1.82) is 0 Å². The van der Waals surface area contributed by atoms with Crippen LogP contribution in [0.2, 0.25) is 0 Å². The van der Waals surface area contributed by atoms with Gasteiger partial charge in [0.1, 0.15) is 23.7 Å². The lowest BCUT2D eigenvalue weighted by Gasteiger charge is -2.22. The first-order chi connectivity index (χ1) is 17.0. The van der Waals surface area contributed by atoms with Crippen molar-refractivity contribution >= 4 is 34.6 Å². The minimum atomic E-state index is -0.438. The number of hydrogen-bond donors (Lipinski definition) is 2. The molecule has 1 saturated heterocycles. The van der Waals surface area contributed by atoms with E-state index in [-0.39, 0.29) is 0 Å². The fourth-order valence-electron chi connectivity index (χ4n) is 4.23. The molecule has 1 fully saturated rings. The topological polar surface area (TPSA) is 143 Å². The zero-order chi connectivity index (χ0) is 24.5. The standard InChI is InChI=1S/C23H25N7O5/c1-32-16-9-13(10-17(33-2)20(16)34-3)29-11-18(25-12-29)27-22-19-14(6-8-35-19)26-23(28-22)30-7-4-5-15(30)21(24)31/h6,8-12,15H,4-5,7H2,1-3H3,(H2,24,31)(H,26,27,28)/t15-/m0/s1. The molecule has 0 unspecified atom stereocenters. The Morgan fingerprint density at radius 3 is 2.63 bits per heavy atom. The Hall–Kier alpha value is -4.48. The first kappa shape index (κ1) is 22.3. The number of carbonyl (C=O) groups is 1. The van der Waals surface area contributed by atoms with Gasteiger partial charge in [-0.05, 0) is 12.8 Å². The summed E-state index contributed by atoms with van der Waals surface area (Å²) in [6.07, 6.45) is 6.48. The summed E-state index contributed by atoms with van der Waals surface area (Å²) in [5, 5.41) is 3.20. The van der Waals surface area contributed by atoms with E-state index in [2.05, 4.69) is 20.3 Å². The third kappa shape index (κ3) is 4.03. The minimum Gasteiger partial charge on any atom is -0.493 e. The molecule has 0 spiro atoms. The number of hydrogen-bond acceptors (Lipinski definition) is 10. The molecule has 4 heterocycles. The first-order valence-electron chi connectivity index (χ1n) is 10.9. The number of aromatic nitrogens is 4. The molecule has 182 valence electrons. The van der Waals surface area contributed by atoms with E-state index in [1.807, 2.05) is 17.0 Å². The molecule has 12 nitrogen and oxygen atoms in total. The Labute approximate surface area is 200 Å². The number of primary amides is 1. The number of nitrogens with zero attached hydrogens (tertiary/aromatic N) is 5. The van der Waals surface area contributed by atoms with Crippen LogP contribution in [0, 0.1) is 0 Å². The molecule has 3 N–H and O–H groups in total. The Kier molecular flexibility index (Phi) is 5.77. The predicted octanol–water partition coefficient (Wildman–Crippen LogP) is 2.63. The van der Waals surface area contributed by atoms with Gasteiger partial charge in [0.05, 0.1) is 39.5 Å². The summed E-state index contributed by atoms with van der Waals surface area (Å²) in [7, 11) is 4.68. The SMILES string of the molecule is COc1cc(-n2cnc(Nc3nc(N4CCC[C@H]4C(N)=O)nc4ccoc34)c2)cc(OC)c1OC. The zero-order valence-electron chi connectivity index (χ0n) is 19.5. The molecule has 12 heteroatoms. The zero-order valence-corrected chi connectivity index (χ0v) is 19.5. The average Bonchev–Trinajstić information content (AvgIpc) is 3.63. The highest BCUT2D eigenvalue weighted by Crippen LogP contribution is 2.39. The third-order valence-corrected chi connectivity index (χ3v) is 5.91. The van der Waals surface area contributed by atoms with Crippen molar-refractivity contribution in [3.05, 3.63) is 37.0 Å². The lowest BCUT2D eigenvalue weighted by atomic mass is 10.2. The summed E-state index contributed by atoms with van der Waals surface area (Å²) >= 11 is 0. The van der Waals surface area contributed by atoms with E-state index in [0.717, 1.165) is 12.1 Å². The Balaban J connectivity index is 1.48. The summed E-state index contributed by atoms with van der Waals surface area (Å²) in [6, 6.07) is 4.94. The summed E-state index contributed by atoms with van der Waals surface area (Å²) in [6.45, 7) is 0.645. The second-order valence-electron chi connectivity index (χ2n) is 7.94. The second kappa shape index (κ2) is 9.05. The van der Waals surface area contributed by atoms with Gasteiger partial charge in [-0.2, -0.15) is 4.98 Å². The van der Waals surface area contributed by atoms with Gasteiger partial charge < -0.3 is 39.1 Å². The van der Waals surface area contributed by atoms with E-state index in [9.17, 15) is 4.79 Å². The molecule has 1 amide bonds. The van der Waals surface area contributed by atoms with Crippen LogP contribution in [0.1, 0.15) is 12.8 Å². The number of rotatable bonds is 8. The minimum absolute atomic E-state index is 0.392. The molecule has 4 aromatic rings. The molecular weight excluding hydrogens is 454 g/mol. The lowest BCUT2D eigenvalue weighted by Crippen LogP contribution is -2.41. The molecule has 0 bridgehead atoms. The van der Waals surface area contributed by atoms with Crippen molar-refractivity contribution in [2.24, 2.45) is 5.73 Å². The van der Waals surface area contributed by atoms with E-state index in [4.69, 9.17) is 24.4 Å². The van der Waals surface area contributed by atoms with Crippen LogP contribution in [-0.4, -0.2) is 59.3 Å². The van der Waals surface area contributed by atoms with Gasteiger partial charge in [-0.3, -0.25) is 4.79 Å². The molecule has 1 aromatic carbocycles. The summed E-state index contributed by atoms with van der Waals surface area (Å²) in [5.74, 6) is 2.52. The van der Waals surface area contributed by atoms with Gasteiger partial charge in [0.2, 0.25) is 17.6 Å². The van der Waals surface area contributed by atoms with Gasteiger partial charge in [0.15, 0.2) is 22.9 Å². The van der Waals surface area contributed by atoms with Crippen LogP contribution in [0.3, 0.4) is 0 Å². The number of amides is 1. The monoisotopic (exact) mass is 479 g/mol. The van der Waals surface area contributed by atoms with Crippen LogP contribution in [0.4, 0.5) is 17.6 Å². The van der Waals surface area contributed by atoms with Crippen molar-refractivity contribution in [3.8, 4) is 22.9 Å². The highest BCUT2D eigenvalue weighted by Gasteiger charge is 2.31. The summed E-state index contributed by atoms with van der Waals surface area (Å²) in [5.41, 5.74) is 7.43. The molecule has 0 aliphatic carbocycles. The van der Waals surface area contributed by atoms with Crippen molar-refractivity contribution in [2.75, 3.05) is 38.1 Å². The molecule has 5 rings (SSSR count). The number of furan rings is 1. The molecular formula is C23H25N7O5. The number of methoxy groups -OCH3 is 3. The lowest BCUT2D eigenvalue weighted by molar-refractivity contribution is -0.119. The van der Waals surface area contributed by atoms with Crippen LogP contribution in [0.15, 0.2) is 41.4 Å². The van der Waals surface area contributed by atoms with E-state index >= 15 is 0 Å². The molecule has 1 aliphatic heterocycles. The van der Waals surface area contributed by atoms with E-state index in [1.165, 1.54) is 0 Å².